The Balaban J connectivity index is 2.18. The van der Waals surface area contributed by atoms with Crippen molar-refractivity contribution in [3.8, 4) is 0 Å². The lowest BCUT2D eigenvalue weighted by Crippen LogP contribution is -2.37. The molecule has 5 heteroatoms. The number of nitrogens with zero attached hydrogens (tertiary/aromatic N) is 3. The third-order valence-corrected chi connectivity index (χ3v) is 3.99. The van der Waals surface area contributed by atoms with Gasteiger partial charge in [-0.3, -0.25) is 9.48 Å². The van der Waals surface area contributed by atoms with Gasteiger partial charge >= 0.3 is 5.97 Å². The highest BCUT2D eigenvalue weighted by molar-refractivity contribution is 5.75. The SMILES string of the molecule is CC1CCC(Cc2ncnn2C)(C(=O)O)CC1. The van der Waals surface area contributed by atoms with Crippen molar-refractivity contribution in [3.05, 3.63) is 12.2 Å². The third kappa shape index (κ3) is 2.33. The second-order valence-corrected chi connectivity index (χ2v) is 5.24. The predicted octanol–water partition coefficient (Wildman–Crippen LogP) is 1.64. The molecule has 94 valence electrons. The molecular formula is C12H19N3O2. The van der Waals surface area contributed by atoms with Gasteiger partial charge in [0.15, 0.2) is 0 Å². The lowest BCUT2D eigenvalue weighted by molar-refractivity contribution is -0.151. The first-order chi connectivity index (χ1) is 8.03. The molecule has 0 aliphatic heterocycles. The summed E-state index contributed by atoms with van der Waals surface area (Å²) in [6.07, 6.45) is 5.45. The summed E-state index contributed by atoms with van der Waals surface area (Å²) >= 11 is 0. The summed E-state index contributed by atoms with van der Waals surface area (Å²) < 4.78 is 1.67. The molecule has 0 unspecified atom stereocenters. The molecular weight excluding hydrogens is 218 g/mol. The Morgan fingerprint density at radius 2 is 2.24 bits per heavy atom. The topological polar surface area (TPSA) is 68.0 Å². The molecule has 0 saturated heterocycles. The molecule has 1 saturated carbocycles. The molecule has 2 rings (SSSR count). The second kappa shape index (κ2) is 4.47. The Bertz CT molecular complexity index is 406. The lowest BCUT2D eigenvalue weighted by Gasteiger charge is -2.35. The van der Waals surface area contributed by atoms with Crippen LogP contribution in [0.15, 0.2) is 6.33 Å². The van der Waals surface area contributed by atoms with Crippen molar-refractivity contribution in [2.75, 3.05) is 0 Å². The summed E-state index contributed by atoms with van der Waals surface area (Å²) in [4.78, 5) is 15.7. The molecule has 0 atom stereocenters. The quantitative estimate of drug-likeness (QED) is 0.867. The molecule has 1 aliphatic rings. The van der Waals surface area contributed by atoms with Crippen LogP contribution in [-0.4, -0.2) is 25.8 Å². The van der Waals surface area contributed by atoms with Crippen LogP contribution in [0, 0.1) is 11.3 Å². The number of hydrogen-bond acceptors (Lipinski definition) is 3. The van der Waals surface area contributed by atoms with Crippen molar-refractivity contribution >= 4 is 5.97 Å². The van der Waals surface area contributed by atoms with Crippen LogP contribution in [0.4, 0.5) is 0 Å². The van der Waals surface area contributed by atoms with Crippen LogP contribution in [0.2, 0.25) is 0 Å². The monoisotopic (exact) mass is 237 g/mol. The average Bonchev–Trinajstić information content (AvgIpc) is 2.68. The smallest absolute Gasteiger partial charge is 0.310 e. The minimum absolute atomic E-state index is 0.492. The van der Waals surface area contributed by atoms with E-state index in [0.29, 0.717) is 12.3 Å². The number of aromatic nitrogens is 3. The summed E-state index contributed by atoms with van der Waals surface area (Å²) in [5.41, 5.74) is -0.632. The van der Waals surface area contributed by atoms with E-state index in [9.17, 15) is 9.90 Å². The van der Waals surface area contributed by atoms with E-state index >= 15 is 0 Å². The third-order valence-electron chi connectivity index (χ3n) is 3.99. The molecule has 17 heavy (non-hydrogen) atoms. The summed E-state index contributed by atoms with van der Waals surface area (Å²) in [6, 6.07) is 0. The molecule has 1 fully saturated rings. The zero-order valence-corrected chi connectivity index (χ0v) is 10.4. The average molecular weight is 237 g/mol. The van der Waals surface area contributed by atoms with Crippen molar-refractivity contribution in [2.24, 2.45) is 18.4 Å². The van der Waals surface area contributed by atoms with E-state index in [2.05, 4.69) is 17.0 Å². The first-order valence-electron chi connectivity index (χ1n) is 6.10. The molecule has 1 aromatic rings. The van der Waals surface area contributed by atoms with Gasteiger partial charge in [-0.05, 0) is 31.6 Å². The number of rotatable bonds is 3. The van der Waals surface area contributed by atoms with Crippen LogP contribution in [0.1, 0.15) is 38.4 Å². The summed E-state index contributed by atoms with van der Waals surface area (Å²) in [5.74, 6) is 0.719. The van der Waals surface area contributed by atoms with Crippen molar-refractivity contribution in [2.45, 2.75) is 39.0 Å². The van der Waals surface area contributed by atoms with E-state index in [-0.39, 0.29) is 0 Å². The second-order valence-electron chi connectivity index (χ2n) is 5.24. The van der Waals surface area contributed by atoms with Gasteiger partial charge in [-0.1, -0.05) is 6.92 Å². The lowest BCUT2D eigenvalue weighted by atomic mass is 9.69. The van der Waals surface area contributed by atoms with Crippen LogP contribution in [0.3, 0.4) is 0 Å². The molecule has 0 aromatic carbocycles. The van der Waals surface area contributed by atoms with E-state index in [1.165, 1.54) is 6.33 Å². The van der Waals surface area contributed by atoms with Crippen LogP contribution in [-0.2, 0) is 18.3 Å². The highest BCUT2D eigenvalue weighted by atomic mass is 16.4. The standard InChI is InChI=1S/C12H19N3O2/c1-9-3-5-12(6-4-9,11(16)17)7-10-13-8-14-15(10)2/h8-9H,3-7H2,1-2H3,(H,16,17). The molecule has 0 spiro atoms. The summed E-state index contributed by atoms with van der Waals surface area (Å²) in [7, 11) is 1.81. The molecule has 1 aromatic heterocycles. The number of carboxylic acid groups (broad SMARTS) is 1. The molecule has 0 radical (unpaired) electrons. The zero-order valence-electron chi connectivity index (χ0n) is 10.4. The summed E-state index contributed by atoms with van der Waals surface area (Å²) in [6.45, 7) is 2.19. The first kappa shape index (κ1) is 12.1. The Hall–Kier alpha value is -1.39. The zero-order chi connectivity index (χ0) is 12.5. The van der Waals surface area contributed by atoms with Gasteiger partial charge in [-0.2, -0.15) is 5.10 Å². The maximum atomic E-state index is 11.6. The van der Waals surface area contributed by atoms with Crippen LogP contribution >= 0.6 is 0 Å². The van der Waals surface area contributed by atoms with E-state index in [4.69, 9.17) is 0 Å². The number of aryl methyl sites for hydroxylation is 1. The highest BCUT2D eigenvalue weighted by Gasteiger charge is 2.42. The minimum atomic E-state index is -0.688. The van der Waals surface area contributed by atoms with Gasteiger partial charge < -0.3 is 5.11 Å². The number of carboxylic acids is 1. The molecule has 5 nitrogen and oxygen atoms in total. The molecule has 1 heterocycles. The van der Waals surface area contributed by atoms with E-state index < -0.39 is 11.4 Å². The van der Waals surface area contributed by atoms with Crippen LogP contribution in [0.5, 0.6) is 0 Å². The normalized spacial score (nSPS) is 29.2. The Kier molecular flexibility index (Phi) is 3.17. The van der Waals surface area contributed by atoms with Crippen molar-refractivity contribution in [3.63, 3.8) is 0 Å². The maximum absolute atomic E-state index is 11.6. The van der Waals surface area contributed by atoms with E-state index in [0.717, 1.165) is 31.5 Å². The van der Waals surface area contributed by atoms with Gasteiger partial charge in [-0.15, -0.1) is 0 Å². The fourth-order valence-corrected chi connectivity index (χ4v) is 2.56. The first-order valence-corrected chi connectivity index (χ1v) is 6.10. The van der Waals surface area contributed by atoms with Gasteiger partial charge in [0.25, 0.3) is 0 Å². The highest BCUT2D eigenvalue weighted by Crippen LogP contribution is 2.41. The fourth-order valence-electron chi connectivity index (χ4n) is 2.56. The largest absolute Gasteiger partial charge is 0.481 e. The number of hydrogen-bond donors (Lipinski definition) is 1. The number of aliphatic carboxylic acids is 1. The molecule has 0 amide bonds. The van der Waals surface area contributed by atoms with Crippen LogP contribution in [0.25, 0.3) is 0 Å². The molecule has 1 N–H and O–H groups in total. The van der Waals surface area contributed by atoms with Crippen molar-refractivity contribution in [1.29, 1.82) is 0 Å². The van der Waals surface area contributed by atoms with Crippen molar-refractivity contribution in [1.82, 2.24) is 14.8 Å². The van der Waals surface area contributed by atoms with E-state index in [1.807, 2.05) is 7.05 Å². The summed E-state index contributed by atoms with van der Waals surface area (Å²) in [5, 5.41) is 13.5. The van der Waals surface area contributed by atoms with E-state index in [1.54, 1.807) is 4.68 Å². The Morgan fingerprint density at radius 1 is 1.59 bits per heavy atom. The van der Waals surface area contributed by atoms with Gasteiger partial charge in [0.05, 0.1) is 5.41 Å². The molecule has 0 bridgehead atoms. The minimum Gasteiger partial charge on any atom is -0.481 e. The van der Waals surface area contributed by atoms with Gasteiger partial charge in [0, 0.05) is 13.5 Å². The number of carbonyl (C=O) groups is 1. The Labute approximate surface area is 101 Å². The van der Waals surface area contributed by atoms with Gasteiger partial charge in [0.1, 0.15) is 12.2 Å². The molecule has 1 aliphatic carbocycles. The van der Waals surface area contributed by atoms with Crippen molar-refractivity contribution < 1.29 is 9.90 Å². The fraction of sp³-hybridized carbons (Fsp3) is 0.750. The predicted molar refractivity (Wildman–Crippen MR) is 62.4 cm³/mol. The van der Waals surface area contributed by atoms with Gasteiger partial charge in [-0.25, -0.2) is 4.98 Å². The Morgan fingerprint density at radius 3 is 2.71 bits per heavy atom. The van der Waals surface area contributed by atoms with Crippen LogP contribution < -0.4 is 0 Å². The maximum Gasteiger partial charge on any atom is 0.310 e. The van der Waals surface area contributed by atoms with Gasteiger partial charge in [0.2, 0.25) is 0 Å².